The summed E-state index contributed by atoms with van der Waals surface area (Å²) in [5.41, 5.74) is 2.71. The maximum absolute atomic E-state index is 12.0. The summed E-state index contributed by atoms with van der Waals surface area (Å²) >= 11 is 2.07. The van der Waals surface area contributed by atoms with Crippen molar-refractivity contribution in [3.05, 3.63) is 29.1 Å². The van der Waals surface area contributed by atoms with E-state index in [2.05, 4.69) is 34.8 Å². The third-order valence-corrected chi connectivity index (χ3v) is 3.44. The molecule has 0 fully saturated rings. The van der Waals surface area contributed by atoms with E-state index in [0.29, 0.717) is 5.56 Å². The van der Waals surface area contributed by atoms with Gasteiger partial charge in [0.2, 0.25) is 0 Å². The second kappa shape index (κ2) is 6.18. The number of hydrogen-bond acceptors (Lipinski definition) is 2. The van der Waals surface area contributed by atoms with Crippen LogP contribution < -0.4 is 0 Å². The summed E-state index contributed by atoms with van der Waals surface area (Å²) in [5.74, 6) is 0.0460. The summed E-state index contributed by atoms with van der Waals surface area (Å²) in [5, 5.41) is 0. The first-order valence-electron chi connectivity index (χ1n) is 5.47. The van der Waals surface area contributed by atoms with Crippen molar-refractivity contribution in [1.82, 2.24) is 8.10 Å². The van der Waals surface area contributed by atoms with Crippen LogP contribution in [0.2, 0.25) is 0 Å². The molecule has 0 saturated heterocycles. The predicted molar refractivity (Wildman–Crippen MR) is 73.7 cm³/mol. The van der Waals surface area contributed by atoms with Crippen molar-refractivity contribution in [3.63, 3.8) is 0 Å². The predicted octanol–water partition coefficient (Wildman–Crippen LogP) is 3.29. The minimum atomic E-state index is 0.0460. The lowest BCUT2D eigenvalue weighted by Crippen LogP contribution is -2.22. The molecule has 0 aromatic carbocycles. The van der Waals surface area contributed by atoms with Gasteiger partial charge in [0, 0.05) is 18.4 Å². The molecule has 4 heteroatoms. The Morgan fingerprint density at radius 1 is 1.50 bits per heavy atom. The number of hydrogen-bond donors (Lipinski definition) is 0. The smallest absolute Gasteiger partial charge is 0.264 e. The van der Waals surface area contributed by atoms with Crippen LogP contribution >= 0.6 is 22.9 Å². The number of carbonyl (C=O) groups is 1. The van der Waals surface area contributed by atoms with Crippen LogP contribution in [0.3, 0.4) is 0 Å². The van der Waals surface area contributed by atoms with Crippen molar-refractivity contribution >= 4 is 28.8 Å². The Morgan fingerprint density at radius 3 is 2.75 bits per heavy atom. The zero-order valence-electron chi connectivity index (χ0n) is 9.96. The van der Waals surface area contributed by atoms with Gasteiger partial charge < -0.3 is 0 Å². The molecule has 0 radical (unpaired) electrons. The fourth-order valence-electron chi connectivity index (χ4n) is 1.30. The highest BCUT2D eigenvalue weighted by molar-refractivity contribution is 14.1. The quantitative estimate of drug-likeness (QED) is 0.626. The maximum atomic E-state index is 12.0. The number of carbonyl (C=O) groups excluding carboxylic acids is 1. The van der Waals surface area contributed by atoms with Crippen LogP contribution in [0, 0.1) is 13.8 Å². The molecule has 88 valence electrons. The van der Waals surface area contributed by atoms with Crippen molar-refractivity contribution in [2.75, 3.05) is 6.54 Å². The largest absolute Gasteiger partial charge is 0.281 e. The lowest BCUT2D eigenvalue weighted by Gasteiger charge is -2.14. The third-order valence-electron chi connectivity index (χ3n) is 2.52. The van der Waals surface area contributed by atoms with E-state index in [1.54, 1.807) is 9.31 Å². The molecule has 0 bridgehead atoms. The Bertz CT molecular complexity index is 379. The van der Waals surface area contributed by atoms with E-state index < -0.39 is 0 Å². The highest BCUT2D eigenvalue weighted by Gasteiger charge is 2.13. The standard InChI is InChI=1S/C12H17IN2O/c1-4-5-6-15(13)12(16)11-7-9(2)10(3)14-8-11/h7-8H,4-6H2,1-3H3. The highest BCUT2D eigenvalue weighted by Crippen LogP contribution is 2.12. The third kappa shape index (κ3) is 3.43. The second-order valence-corrected chi connectivity index (χ2v) is 5.04. The van der Waals surface area contributed by atoms with Gasteiger partial charge in [-0.25, -0.2) is 0 Å². The van der Waals surface area contributed by atoms with E-state index in [4.69, 9.17) is 0 Å². The number of aryl methyl sites for hydroxylation is 2. The number of pyridine rings is 1. The van der Waals surface area contributed by atoms with E-state index in [9.17, 15) is 4.79 Å². The number of nitrogens with zero attached hydrogens (tertiary/aromatic N) is 2. The minimum Gasteiger partial charge on any atom is -0.281 e. The first-order valence-corrected chi connectivity index (χ1v) is 6.43. The van der Waals surface area contributed by atoms with Gasteiger partial charge in [0.05, 0.1) is 28.4 Å². The van der Waals surface area contributed by atoms with E-state index in [1.807, 2.05) is 19.9 Å². The Balaban J connectivity index is 2.76. The molecular formula is C12H17IN2O. The van der Waals surface area contributed by atoms with Crippen LogP contribution in [0.5, 0.6) is 0 Å². The first-order chi connectivity index (χ1) is 7.56. The van der Waals surface area contributed by atoms with Gasteiger partial charge >= 0.3 is 0 Å². The summed E-state index contributed by atoms with van der Waals surface area (Å²) in [6.07, 6.45) is 3.78. The fraction of sp³-hybridized carbons (Fsp3) is 0.500. The Morgan fingerprint density at radius 2 is 2.19 bits per heavy atom. The summed E-state index contributed by atoms with van der Waals surface area (Å²) in [4.78, 5) is 16.2. The molecule has 1 aromatic heterocycles. The molecular weight excluding hydrogens is 315 g/mol. The molecule has 0 saturated carbocycles. The van der Waals surface area contributed by atoms with Crippen LogP contribution in [-0.2, 0) is 0 Å². The summed E-state index contributed by atoms with van der Waals surface area (Å²) in [7, 11) is 0. The first kappa shape index (κ1) is 13.4. The van der Waals surface area contributed by atoms with E-state index >= 15 is 0 Å². The van der Waals surface area contributed by atoms with Crippen molar-refractivity contribution in [1.29, 1.82) is 0 Å². The number of rotatable bonds is 4. The maximum Gasteiger partial charge on any atom is 0.264 e. The monoisotopic (exact) mass is 332 g/mol. The fourth-order valence-corrected chi connectivity index (χ4v) is 1.92. The lowest BCUT2D eigenvalue weighted by molar-refractivity contribution is 0.0887. The van der Waals surface area contributed by atoms with Gasteiger partial charge in [0.1, 0.15) is 0 Å². The molecule has 0 aliphatic heterocycles. The Kier molecular flexibility index (Phi) is 5.18. The average molecular weight is 332 g/mol. The minimum absolute atomic E-state index is 0.0460. The molecule has 3 nitrogen and oxygen atoms in total. The van der Waals surface area contributed by atoms with Crippen LogP contribution in [0.15, 0.2) is 12.3 Å². The summed E-state index contributed by atoms with van der Waals surface area (Å²) in [6.45, 7) is 6.83. The summed E-state index contributed by atoms with van der Waals surface area (Å²) < 4.78 is 1.73. The molecule has 1 rings (SSSR count). The van der Waals surface area contributed by atoms with Gasteiger partial charge in [-0.2, -0.15) is 0 Å². The van der Waals surface area contributed by atoms with Crippen LogP contribution in [0.4, 0.5) is 0 Å². The highest BCUT2D eigenvalue weighted by atomic mass is 127. The molecule has 0 spiro atoms. The molecule has 1 aromatic rings. The van der Waals surface area contributed by atoms with Gasteiger partial charge in [0.25, 0.3) is 5.91 Å². The zero-order chi connectivity index (χ0) is 12.1. The SMILES string of the molecule is CCCCN(I)C(=O)c1cnc(C)c(C)c1. The van der Waals surface area contributed by atoms with E-state index in [0.717, 1.165) is 30.6 Å². The summed E-state index contributed by atoms with van der Waals surface area (Å²) in [6, 6.07) is 1.91. The lowest BCUT2D eigenvalue weighted by atomic mass is 10.1. The van der Waals surface area contributed by atoms with E-state index in [-0.39, 0.29) is 5.91 Å². The normalized spacial score (nSPS) is 10.2. The second-order valence-electron chi connectivity index (χ2n) is 3.87. The molecule has 0 aliphatic rings. The van der Waals surface area contributed by atoms with Crippen molar-refractivity contribution < 1.29 is 4.79 Å². The molecule has 0 N–H and O–H groups in total. The Hall–Kier alpha value is -0.650. The van der Waals surface area contributed by atoms with E-state index in [1.165, 1.54) is 0 Å². The average Bonchev–Trinajstić information content (AvgIpc) is 2.28. The van der Waals surface area contributed by atoms with Gasteiger partial charge in [-0.15, -0.1) is 0 Å². The number of aromatic nitrogens is 1. The molecule has 1 heterocycles. The number of halogens is 1. The van der Waals surface area contributed by atoms with Crippen molar-refractivity contribution in [2.24, 2.45) is 0 Å². The van der Waals surface area contributed by atoms with Crippen LogP contribution in [-0.4, -0.2) is 20.5 Å². The van der Waals surface area contributed by atoms with Crippen molar-refractivity contribution in [3.8, 4) is 0 Å². The molecule has 0 atom stereocenters. The van der Waals surface area contributed by atoms with Gasteiger partial charge in [-0.05, 0) is 31.9 Å². The molecule has 1 amide bonds. The Labute approximate surface area is 111 Å². The van der Waals surface area contributed by atoms with Crippen LogP contribution in [0.1, 0.15) is 41.4 Å². The zero-order valence-corrected chi connectivity index (χ0v) is 12.1. The van der Waals surface area contributed by atoms with Gasteiger partial charge in [0.15, 0.2) is 0 Å². The molecule has 16 heavy (non-hydrogen) atoms. The molecule has 0 unspecified atom stereocenters. The van der Waals surface area contributed by atoms with Gasteiger partial charge in [-0.3, -0.25) is 12.9 Å². The molecule has 0 aliphatic carbocycles. The number of unbranched alkanes of at least 4 members (excludes halogenated alkanes) is 1. The number of amides is 1. The van der Waals surface area contributed by atoms with Crippen molar-refractivity contribution in [2.45, 2.75) is 33.6 Å². The van der Waals surface area contributed by atoms with Gasteiger partial charge in [-0.1, -0.05) is 13.3 Å². The topological polar surface area (TPSA) is 33.2 Å². The van der Waals surface area contributed by atoms with Crippen LogP contribution in [0.25, 0.3) is 0 Å².